The predicted molar refractivity (Wildman–Crippen MR) is 73.4 cm³/mol. The molecular formula is C14H30N2O. The van der Waals surface area contributed by atoms with Crippen LogP contribution in [0.15, 0.2) is 0 Å². The lowest BCUT2D eigenvalue weighted by Crippen LogP contribution is -2.59. The third kappa shape index (κ3) is 3.43. The maximum absolute atomic E-state index is 5.52. The topological polar surface area (TPSA) is 24.5 Å². The van der Waals surface area contributed by atoms with Gasteiger partial charge in [-0.1, -0.05) is 13.8 Å². The molecule has 3 atom stereocenters. The van der Waals surface area contributed by atoms with Gasteiger partial charge >= 0.3 is 0 Å². The molecule has 102 valence electrons. The summed E-state index contributed by atoms with van der Waals surface area (Å²) in [5.74, 6) is 0. The highest BCUT2D eigenvalue weighted by Crippen LogP contribution is 2.27. The van der Waals surface area contributed by atoms with Gasteiger partial charge in [0.2, 0.25) is 0 Å². The van der Waals surface area contributed by atoms with Gasteiger partial charge in [-0.25, -0.2) is 0 Å². The Balaban J connectivity index is 2.64. The molecule has 0 aromatic rings. The van der Waals surface area contributed by atoms with Gasteiger partial charge in [0.15, 0.2) is 0 Å². The highest BCUT2D eigenvalue weighted by atomic mass is 16.5. The molecule has 1 N–H and O–H groups in total. The van der Waals surface area contributed by atoms with Crippen LogP contribution in [0.1, 0.15) is 47.0 Å². The fraction of sp³-hybridized carbons (Fsp3) is 1.00. The van der Waals surface area contributed by atoms with Crippen LogP contribution in [0.2, 0.25) is 0 Å². The van der Waals surface area contributed by atoms with E-state index in [1.54, 1.807) is 0 Å². The van der Waals surface area contributed by atoms with Gasteiger partial charge in [0.05, 0.1) is 6.61 Å². The van der Waals surface area contributed by atoms with E-state index < -0.39 is 0 Å². The highest BCUT2D eigenvalue weighted by Gasteiger charge is 2.38. The Bertz CT molecular complexity index is 216. The number of hydrogen-bond donors (Lipinski definition) is 1. The first-order valence-corrected chi connectivity index (χ1v) is 7.10. The van der Waals surface area contributed by atoms with Crippen molar-refractivity contribution in [2.24, 2.45) is 0 Å². The van der Waals surface area contributed by atoms with Gasteiger partial charge in [0.25, 0.3) is 0 Å². The summed E-state index contributed by atoms with van der Waals surface area (Å²) in [6.07, 6.45) is 3.53. The molecule has 1 aliphatic heterocycles. The van der Waals surface area contributed by atoms with E-state index in [1.165, 1.54) is 12.8 Å². The van der Waals surface area contributed by atoms with Gasteiger partial charge in [0, 0.05) is 24.2 Å². The van der Waals surface area contributed by atoms with Gasteiger partial charge in [0.1, 0.15) is 0 Å². The van der Waals surface area contributed by atoms with Crippen molar-refractivity contribution in [3.05, 3.63) is 0 Å². The summed E-state index contributed by atoms with van der Waals surface area (Å²) in [4.78, 5) is 2.54. The molecule has 1 fully saturated rings. The van der Waals surface area contributed by atoms with Crippen molar-refractivity contribution in [1.29, 1.82) is 0 Å². The second-order valence-electron chi connectivity index (χ2n) is 5.51. The summed E-state index contributed by atoms with van der Waals surface area (Å²) in [5, 5.41) is 3.65. The summed E-state index contributed by atoms with van der Waals surface area (Å²) in [6, 6.07) is 1.10. The summed E-state index contributed by atoms with van der Waals surface area (Å²) < 4.78 is 5.52. The Hall–Kier alpha value is -0.120. The molecular weight excluding hydrogens is 212 g/mol. The zero-order valence-electron chi connectivity index (χ0n) is 12.3. The molecule has 0 spiro atoms. The summed E-state index contributed by atoms with van der Waals surface area (Å²) in [5.41, 5.74) is 0.216. The Morgan fingerprint density at radius 1 is 1.47 bits per heavy atom. The van der Waals surface area contributed by atoms with E-state index in [9.17, 15) is 0 Å². The van der Waals surface area contributed by atoms with Crippen LogP contribution >= 0.6 is 0 Å². The van der Waals surface area contributed by atoms with Gasteiger partial charge in [-0.05, 0) is 46.7 Å². The van der Waals surface area contributed by atoms with Crippen LogP contribution in [-0.4, -0.2) is 49.3 Å². The van der Waals surface area contributed by atoms with Crippen molar-refractivity contribution >= 4 is 0 Å². The molecule has 0 saturated carbocycles. The van der Waals surface area contributed by atoms with Gasteiger partial charge in [-0.2, -0.15) is 0 Å². The van der Waals surface area contributed by atoms with Crippen molar-refractivity contribution in [3.63, 3.8) is 0 Å². The minimum Gasteiger partial charge on any atom is -0.380 e. The smallest absolute Gasteiger partial charge is 0.0622 e. The molecule has 0 radical (unpaired) electrons. The molecule has 17 heavy (non-hydrogen) atoms. The monoisotopic (exact) mass is 242 g/mol. The Morgan fingerprint density at radius 3 is 2.65 bits per heavy atom. The van der Waals surface area contributed by atoms with E-state index in [4.69, 9.17) is 4.74 Å². The lowest BCUT2D eigenvalue weighted by atomic mass is 9.87. The number of nitrogens with zero attached hydrogens (tertiary/aromatic N) is 1. The zero-order valence-corrected chi connectivity index (χ0v) is 12.3. The number of rotatable bonds is 7. The van der Waals surface area contributed by atoms with Crippen LogP contribution in [0.5, 0.6) is 0 Å². The van der Waals surface area contributed by atoms with E-state index in [1.807, 2.05) is 0 Å². The van der Waals surface area contributed by atoms with E-state index in [0.29, 0.717) is 12.1 Å². The lowest BCUT2D eigenvalue weighted by Gasteiger charge is -2.46. The molecule has 1 aliphatic rings. The van der Waals surface area contributed by atoms with Crippen LogP contribution in [0.4, 0.5) is 0 Å². The van der Waals surface area contributed by atoms with Gasteiger partial charge < -0.3 is 10.1 Å². The normalized spacial score (nSPS) is 26.1. The molecule has 1 saturated heterocycles. The highest BCUT2D eigenvalue weighted by molar-refractivity contribution is 4.96. The molecule has 1 heterocycles. The minimum atomic E-state index is 0.216. The fourth-order valence-corrected chi connectivity index (χ4v) is 2.69. The summed E-state index contributed by atoms with van der Waals surface area (Å²) in [7, 11) is 2.26. The third-order valence-electron chi connectivity index (χ3n) is 4.61. The van der Waals surface area contributed by atoms with Crippen molar-refractivity contribution in [3.8, 4) is 0 Å². The molecule has 0 bridgehead atoms. The van der Waals surface area contributed by atoms with E-state index in [-0.39, 0.29) is 5.54 Å². The Labute approximate surface area is 107 Å². The third-order valence-corrected chi connectivity index (χ3v) is 4.61. The maximum atomic E-state index is 5.52. The molecule has 0 aliphatic carbocycles. The first-order valence-electron chi connectivity index (χ1n) is 7.10. The molecule has 1 rings (SSSR count). The SMILES string of the molecule is CCCNC(C)C(C)(CC)N(C)C1CCOC1. The van der Waals surface area contributed by atoms with Crippen LogP contribution in [0.3, 0.4) is 0 Å². The second kappa shape index (κ2) is 6.72. The van der Waals surface area contributed by atoms with Crippen molar-refractivity contribution < 1.29 is 4.74 Å². The molecule has 0 amide bonds. The van der Waals surface area contributed by atoms with E-state index in [2.05, 4.69) is 45.0 Å². The summed E-state index contributed by atoms with van der Waals surface area (Å²) >= 11 is 0. The number of ether oxygens (including phenoxy) is 1. The largest absolute Gasteiger partial charge is 0.380 e. The predicted octanol–water partition coefficient (Wildman–Crippen LogP) is 2.26. The number of hydrogen-bond acceptors (Lipinski definition) is 3. The van der Waals surface area contributed by atoms with Crippen LogP contribution in [-0.2, 0) is 4.74 Å². The summed E-state index contributed by atoms with van der Waals surface area (Å²) in [6.45, 7) is 12.1. The van der Waals surface area contributed by atoms with E-state index >= 15 is 0 Å². The van der Waals surface area contributed by atoms with Gasteiger partial charge in [-0.3, -0.25) is 4.90 Å². The molecule has 0 aromatic carbocycles. The quantitative estimate of drug-likeness (QED) is 0.741. The first-order chi connectivity index (χ1) is 8.06. The average Bonchev–Trinajstić information content (AvgIpc) is 2.87. The molecule has 3 nitrogen and oxygen atoms in total. The van der Waals surface area contributed by atoms with Crippen molar-refractivity contribution in [1.82, 2.24) is 10.2 Å². The second-order valence-corrected chi connectivity index (χ2v) is 5.51. The number of likely N-dealkylation sites (N-methyl/N-ethyl adjacent to an activating group) is 1. The first kappa shape index (κ1) is 14.9. The molecule has 3 heteroatoms. The molecule has 3 unspecified atom stereocenters. The lowest BCUT2D eigenvalue weighted by molar-refractivity contribution is 0.0447. The van der Waals surface area contributed by atoms with Crippen molar-refractivity contribution in [2.45, 2.75) is 64.6 Å². The van der Waals surface area contributed by atoms with Crippen LogP contribution in [0.25, 0.3) is 0 Å². The number of nitrogens with one attached hydrogen (secondary N) is 1. The van der Waals surface area contributed by atoms with Crippen molar-refractivity contribution in [2.75, 3.05) is 26.8 Å². The van der Waals surface area contributed by atoms with Crippen LogP contribution < -0.4 is 5.32 Å². The fourth-order valence-electron chi connectivity index (χ4n) is 2.69. The average molecular weight is 242 g/mol. The van der Waals surface area contributed by atoms with Crippen LogP contribution in [0, 0.1) is 0 Å². The Morgan fingerprint density at radius 2 is 2.18 bits per heavy atom. The standard InChI is InChI=1S/C14H30N2O/c1-6-9-15-12(3)14(4,7-2)16(5)13-8-10-17-11-13/h12-13,15H,6-11H2,1-5H3. The zero-order chi connectivity index (χ0) is 12.9. The molecule has 0 aromatic heterocycles. The van der Waals surface area contributed by atoms with Gasteiger partial charge in [-0.15, -0.1) is 0 Å². The maximum Gasteiger partial charge on any atom is 0.0622 e. The Kier molecular flexibility index (Phi) is 5.90. The van der Waals surface area contributed by atoms with E-state index in [0.717, 1.165) is 26.2 Å². The minimum absolute atomic E-state index is 0.216.